The zero-order valence-electron chi connectivity index (χ0n) is 12.3. The van der Waals surface area contributed by atoms with Crippen molar-refractivity contribution in [3.05, 3.63) is 35.9 Å². The molecular weight excluding hydrogens is 276 g/mol. The summed E-state index contributed by atoms with van der Waals surface area (Å²) in [5.74, 6) is 3.91. The molecule has 2 aliphatic rings. The topological polar surface area (TPSA) is 40.6 Å². The molecule has 0 unspecified atom stereocenters. The number of benzene rings is 1. The maximum atomic E-state index is 12.6. The molecule has 2 amide bonds. The maximum Gasteiger partial charge on any atom is 0.235 e. The minimum absolute atomic E-state index is 0.177. The van der Waals surface area contributed by atoms with Crippen LogP contribution < -0.4 is 0 Å². The largest absolute Gasteiger partial charge is 0.285 e. The summed E-state index contributed by atoms with van der Waals surface area (Å²) >= 11 is 0. The van der Waals surface area contributed by atoms with E-state index in [1.807, 2.05) is 35.2 Å². The molecule has 22 heavy (non-hydrogen) atoms. The first-order valence-electron chi connectivity index (χ1n) is 7.13. The van der Waals surface area contributed by atoms with Crippen molar-refractivity contribution in [3.8, 4) is 24.7 Å². The summed E-state index contributed by atoms with van der Waals surface area (Å²) in [5.41, 5.74) is 0.960. The molecule has 1 aromatic rings. The van der Waals surface area contributed by atoms with Crippen molar-refractivity contribution in [2.24, 2.45) is 11.8 Å². The van der Waals surface area contributed by atoms with Crippen molar-refractivity contribution in [2.45, 2.75) is 12.1 Å². The van der Waals surface area contributed by atoms with E-state index < -0.39 is 17.9 Å². The fourth-order valence-corrected chi connectivity index (χ4v) is 3.66. The van der Waals surface area contributed by atoms with Gasteiger partial charge in [0.05, 0.1) is 24.4 Å². The first-order valence-corrected chi connectivity index (χ1v) is 7.13. The van der Waals surface area contributed by atoms with Crippen LogP contribution in [0.3, 0.4) is 0 Å². The van der Waals surface area contributed by atoms with Gasteiger partial charge in [0, 0.05) is 13.1 Å². The number of fused-ring (bicyclic) bond motifs is 1. The molecule has 0 aliphatic carbocycles. The quantitative estimate of drug-likeness (QED) is 0.601. The molecule has 2 heterocycles. The van der Waals surface area contributed by atoms with E-state index in [9.17, 15) is 9.59 Å². The second-order valence-electron chi connectivity index (χ2n) is 5.63. The third kappa shape index (κ3) is 1.85. The van der Waals surface area contributed by atoms with Crippen molar-refractivity contribution in [1.82, 2.24) is 9.80 Å². The monoisotopic (exact) mass is 292 g/mol. The van der Waals surface area contributed by atoms with E-state index in [4.69, 9.17) is 12.8 Å². The van der Waals surface area contributed by atoms with E-state index in [-0.39, 0.29) is 17.9 Å². The van der Waals surface area contributed by atoms with Crippen LogP contribution >= 0.6 is 0 Å². The van der Waals surface area contributed by atoms with Gasteiger partial charge in [0.25, 0.3) is 0 Å². The van der Waals surface area contributed by atoms with Crippen LogP contribution in [-0.4, -0.2) is 41.2 Å². The summed E-state index contributed by atoms with van der Waals surface area (Å²) in [4.78, 5) is 28.1. The second kappa shape index (κ2) is 5.33. The molecule has 0 saturated carbocycles. The lowest BCUT2D eigenvalue weighted by molar-refractivity contribution is -0.139. The van der Waals surface area contributed by atoms with Crippen LogP contribution in [-0.2, 0) is 9.59 Å². The van der Waals surface area contributed by atoms with E-state index in [2.05, 4.69) is 11.8 Å². The maximum absolute atomic E-state index is 12.6. The number of rotatable bonds is 2. The predicted octanol–water partition coefficient (Wildman–Crippen LogP) is 0.909. The fraction of sp³-hybridized carbons (Fsp3) is 0.333. The third-order valence-corrected chi connectivity index (χ3v) is 4.60. The van der Waals surface area contributed by atoms with Crippen LogP contribution in [0.15, 0.2) is 30.3 Å². The van der Waals surface area contributed by atoms with Gasteiger partial charge in [0.2, 0.25) is 11.8 Å². The van der Waals surface area contributed by atoms with Crippen molar-refractivity contribution < 1.29 is 9.59 Å². The van der Waals surface area contributed by atoms with Crippen LogP contribution in [0.25, 0.3) is 0 Å². The van der Waals surface area contributed by atoms with Gasteiger partial charge in [-0.1, -0.05) is 42.2 Å². The zero-order chi connectivity index (χ0) is 15.9. The second-order valence-corrected chi connectivity index (χ2v) is 5.63. The summed E-state index contributed by atoms with van der Waals surface area (Å²) < 4.78 is 0. The summed E-state index contributed by atoms with van der Waals surface area (Å²) in [6.45, 7) is 0.311. The standard InChI is InChI=1S/C18H16N2O2/c1-4-11-20-13(5-2)14-15(18(22)19(3)17(14)21)16(20)12-9-7-6-8-10-12/h1-2,6-10,13-16H,11H2,3H3/t13-,14-,15-,16-/m0/s1. The molecule has 0 radical (unpaired) electrons. The van der Waals surface area contributed by atoms with E-state index in [0.717, 1.165) is 5.56 Å². The lowest BCUT2D eigenvalue weighted by atomic mass is 9.86. The number of carbonyl (C=O) groups excluding carboxylic acids is 2. The van der Waals surface area contributed by atoms with Crippen LogP contribution in [0.1, 0.15) is 11.6 Å². The molecule has 2 saturated heterocycles. The Morgan fingerprint density at radius 2 is 1.73 bits per heavy atom. The summed E-state index contributed by atoms with van der Waals surface area (Å²) in [6, 6.07) is 8.91. The highest BCUT2D eigenvalue weighted by molar-refractivity contribution is 6.06. The van der Waals surface area contributed by atoms with E-state index in [1.165, 1.54) is 11.9 Å². The van der Waals surface area contributed by atoms with Gasteiger partial charge >= 0.3 is 0 Å². The number of amides is 2. The minimum Gasteiger partial charge on any atom is -0.285 e. The number of hydrogen-bond acceptors (Lipinski definition) is 3. The third-order valence-electron chi connectivity index (χ3n) is 4.60. The number of likely N-dealkylation sites (tertiary alicyclic amines) is 2. The number of imide groups is 1. The Balaban J connectivity index is 2.13. The molecule has 3 rings (SSSR count). The van der Waals surface area contributed by atoms with E-state index >= 15 is 0 Å². The average molecular weight is 292 g/mol. The van der Waals surface area contributed by atoms with Crippen molar-refractivity contribution in [1.29, 1.82) is 0 Å². The Morgan fingerprint density at radius 3 is 2.32 bits per heavy atom. The van der Waals surface area contributed by atoms with E-state index in [1.54, 1.807) is 0 Å². The van der Waals surface area contributed by atoms with Gasteiger partial charge in [-0.15, -0.1) is 12.8 Å². The number of hydrogen-bond donors (Lipinski definition) is 0. The summed E-state index contributed by atoms with van der Waals surface area (Å²) in [7, 11) is 1.52. The van der Waals surface area contributed by atoms with Crippen LogP contribution in [0.4, 0.5) is 0 Å². The van der Waals surface area contributed by atoms with Crippen LogP contribution in [0, 0.1) is 36.5 Å². The molecule has 4 nitrogen and oxygen atoms in total. The van der Waals surface area contributed by atoms with Crippen molar-refractivity contribution >= 4 is 11.8 Å². The lowest BCUT2D eigenvalue weighted by Gasteiger charge is -2.29. The first-order chi connectivity index (χ1) is 10.6. The molecule has 0 bridgehead atoms. The van der Waals surface area contributed by atoms with Crippen molar-refractivity contribution in [3.63, 3.8) is 0 Å². The summed E-state index contributed by atoms with van der Waals surface area (Å²) in [5, 5.41) is 0. The van der Waals surface area contributed by atoms with Gasteiger partial charge in [-0.25, -0.2) is 0 Å². The van der Waals surface area contributed by atoms with Gasteiger partial charge < -0.3 is 0 Å². The number of carbonyl (C=O) groups is 2. The van der Waals surface area contributed by atoms with Crippen LogP contribution in [0.2, 0.25) is 0 Å². The molecule has 4 heteroatoms. The highest BCUT2D eigenvalue weighted by Gasteiger charge is 2.60. The minimum atomic E-state index is -0.513. The van der Waals surface area contributed by atoms with E-state index in [0.29, 0.717) is 6.54 Å². The van der Waals surface area contributed by atoms with Gasteiger partial charge in [-0.3, -0.25) is 19.4 Å². The predicted molar refractivity (Wildman–Crippen MR) is 82.1 cm³/mol. The molecule has 0 aromatic heterocycles. The summed E-state index contributed by atoms with van der Waals surface area (Å²) in [6.07, 6.45) is 11.1. The SMILES string of the molecule is C#CCN1[C@@H](C#C)[C@@H]2C(=O)N(C)C(=O)[C@@H]2[C@@H]1c1ccccc1. The van der Waals surface area contributed by atoms with Gasteiger partial charge in [-0.05, 0) is 5.56 Å². The molecular formula is C18H16N2O2. The molecule has 4 atom stereocenters. The highest BCUT2D eigenvalue weighted by Crippen LogP contribution is 2.49. The zero-order valence-corrected chi connectivity index (χ0v) is 12.3. The lowest BCUT2D eigenvalue weighted by Crippen LogP contribution is -2.40. The Morgan fingerprint density at radius 1 is 1.09 bits per heavy atom. The van der Waals surface area contributed by atoms with Gasteiger partial charge in [-0.2, -0.15) is 0 Å². The van der Waals surface area contributed by atoms with Gasteiger partial charge in [0.1, 0.15) is 0 Å². The molecule has 0 spiro atoms. The first kappa shape index (κ1) is 14.4. The van der Waals surface area contributed by atoms with Gasteiger partial charge in [0.15, 0.2) is 0 Å². The molecule has 1 aromatic carbocycles. The average Bonchev–Trinajstić information content (AvgIpc) is 2.97. The Kier molecular flexibility index (Phi) is 3.48. The smallest absolute Gasteiger partial charge is 0.235 e. The number of terminal acetylenes is 2. The Hall–Kier alpha value is -2.56. The molecule has 2 aliphatic heterocycles. The Bertz CT molecular complexity index is 698. The normalized spacial score (nSPS) is 31.0. The van der Waals surface area contributed by atoms with Crippen LogP contribution in [0.5, 0.6) is 0 Å². The fourth-order valence-electron chi connectivity index (χ4n) is 3.66. The Labute approximate surface area is 130 Å². The molecule has 0 N–H and O–H groups in total. The number of nitrogens with zero attached hydrogens (tertiary/aromatic N) is 2. The molecule has 2 fully saturated rings. The highest BCUT2D eigenvalue weighted by atomic mass is 16.2. The van der Waals surface area contributed by atoms with Crippen molar-refractivity contribution in [2.75, 3.05) is 13.6 Å². The molecule has 110 valence electrons.